The number of nitriles is 1. The number of rotatable bonds is 3. The number of pyridine rings is 1. The Hall–Kier alpha value is -1.44. The molecule has 0 spiro atoms. The summed E-state index contributed by atoms with van der Waals surface area (Å²) >= 11 is 0. The first-order valence-corrected chi connectivity index (χ1v) is 7.55. The van der Waals surface area contributed by atoms with Crippen molar-refractivity contribution in [3.8, 4) is 6.07 Å². The van der Waals surface area contributed by atoms with Crippen molar-refractivity contribution in [3.05, 3.63) is 29.6 Å². The first-order chi connectivity index (χ1) is 9.78. The molecule has 1 aromatic rings. The molecule has 1 saturated heterocycles. The number of nitrogens with zero attached hydrogens (tertiary/aromatic N) is 3. The minimum absolute atomic E-state index is 0.118. The molecule has 0 amide bonds. The Morgan fingerprint density at radius 1 is 1.35 bits per heavy atom. The standard InChI is InChI=1S/C16H21N3O/c17-10-13-9-12(6-7-18-13)11-19-8-2-4-15(19)14-3-1-5-16(14)20/h6-7,9,14-16,20H,1-5,8,11H2. The maximum Gasteiger partial charge on any atom is 0.140 e. The van der Waals surface area contributed by atoms with Crippen LogP contribution in [-0.2, 0) is 6.54 Å². The summed E-state index contributed by atoms with van der Waals surface area (Å²) in [6.07, 6.45) is 7.27. The first-order valence-electron chi connectivity index (χ1n) is 7.55. The number of hydrogen-bond acceptors (Lipinski definition) is 4. The summed E-state index contributed by atoms with van der Waals surface area (Å²) in [6, 6.07) is 6.46. The lowest BCUT2D eigenvalue weighted by Crippen LogP contribution is -2.38. The van der Waals surface area contributed by atoms with Crippen LogP contribution in [0.3, 0.4) is 0 Å². The van der Waals surface area contributed by atoms with Crippen LogP contribution in [0.4, 0.5) is 0 Å². The third-order valence-electron chi connectivity index (χ3n) is 4.76. The highest BCUT2D eigenvalue weighted by Crippen LogP contribution is 2.36. The molecule has 4 heteroatoms. The van der Waals surface area contributed by atoms with Crippen molar-refractivity contribution >= 4 is 0 Å². The van der Waals surface area contributed by atoms with Gasteiger partial charge >= 0.3 is 0 Å². The van der Waals surface area contributed by atoms with Crippen molar-refractivity contribution in [2.45, 2.75) is 50.8 Å². The number of hydrogen-bond donors (Lipinski definition) is 1. The number of likely N-dealkylation sites (tertiary alicyclic amines) is 1. The molecule has 1 N–H and O–H groups in total. The molecule has 20 heavy (non-hydrogen) atoms. The summed E-state index contributed by atoms with van der Waals surface area (Å²) in [4.78, 5) is 6.50. The summed E-state index contributed by atoms with van der Waals surface area (Å²) in [6.45, 7) is 1.96. The number of aromatic nitrogens is 1. The van der Waals surface area contributed by atoms with E-state index in [1.807, 2.05) is 12.1 Å². The maximum atomic E-state index is 10.1. The molecule has 1 saturated carbocycles. The molecular weight excluding hydrogens is 250 g/mol. The third-order valence-corrected chi connectivity index (χ3v) is 4.76. The average Bonchev–Trinajstić information content (AvgIpc) is 3.07. The van der Waals surface area contributed by atoms with Gasteiger partial charge in [-0.05, 0) is 49.9 Å². The molecule has 0 aromatic carbocycles. The van der Waals surface area contributed by atoms with Crippen LogP contribution in [0.1, 0.15) is 43.4 Å². The summed E-state index contributed by atoms with van der Waals surface area (Å²) in [5, 5.41) is 19.1. The van der Waals surface area contributed by atoms with Gasteiger partial charge in [0.1, 0.15) is 11.8 Å². The van der Waals surface area contributed by atoms with Crippen LogP contribution in [0, 0.1) is 17.2 Å². The predicted octanol–water partition coefficient (Wildman–Crippen LogP) is 2.08. The fraction of sp³-hybridized carbons (Fsp3) is 0.625. The van der Waals surface area contributed by atoms with Crippen molar-refractivity contribution in [1.82, 2.24) is 9.88 Å². The summed E-state index contributed by atoms with van der Waals surface area (Å²) in [5.74, 6) is 0.440. The highest BCUT2D eigenvalue weighted by molar-refractivity contribution is 5.25. The van der Waals surface area contributed by atoms with Gasteiger partial charge in [-0.2, -0.15) is 5.26 Å². The second kappa shape index (κ2) is 5.90. The van der Waals surface area contributed by atoms with E-state index < -0.39 is 0 Å². The van der Waals surface area contributed by atoms with Crippen LogP contribution < -0.4 is 0 Å². The van der Waals surface area contributed by atoms with Crippen molar-refractivity contribution < 1.29 is 5.11 Å². The molecule has 1 aliphatic carbocycles. The van der Waals surface area contributed by atoms with Crippen molar-refractivity contribution in [2.75, 3.05) is 6.54 Å². The Bertz CT molecular complexity index is 511. The second-order valence-corrected chi connectivity index (χ2v) is 6.00. The van der Waals surface area contributed by atoms with Crippen LogP contribution in [-0.4, -0.2) is 33.7 Å². The first kappa shape index (κ1) is 13.5. The van der Waals surface area contributed by atoms with Crippen molar-refractivity contribution in [2.24, 2.45) is 5.92 Å². The molecule has 0 radical (unpaired) electrons. The largest absolute Gasteiger partial charge is 0.393 e. The van der Waals surface area contributed by atoms with E-state index in [-0.39, 0.29) is 6.10 Å². The van der Waals surface area contributed by atoms with Gasteiger partial charge in [0.15, 0.2) is 0 Å². The van der Waals surface area contributed by atoms with Gasteiger partial charge in [0.05, 0.1) is 6.10 Å². The van der Waals surface area contributed by atoms with Gasteiger partial charge in [0, 0.05) is 24.7 Å². The Kier molecular flexibility index (Phi) is 4.00. The van der Waals surface area contributed by atoms with Crippen LogP contribution in [0.25, 0.3) is 0 Å². The monoisotopic (exact) mass is 271 g/mol. The molecule has 2 fully saturated rings. The SMILES string of the molecule is N#Cc1cc(CN2CCCC2C2CCCC2O)ccn1. The Morgan fingerprint density at radius 2 is 2.25 bits per heavy atom. The Labute approximate surface area is 120 Å². The van der Waals surface area contributed by atoms with Crippen molar-refractivity contribution in [3.63, 3.8) is 0 Å². The topological polar surface area (TPSA) is 60.2 Å². The molecule has 3 rings (SSSR count). The van der Waals surface area contributed by atoms with E-state index in [0.717, 1.165) is 37.9 Å². The Balaban J connectivity index is 1.71. The molecule has 2 heterocycles. The normalized spacial score (nSPS) is 30.5. The highest BCUT2D eigenvalue weighted by Gasteiger charge is 2.37. The highest BCUT2D eigenvalue weighted by atomic mass is 16.3. The summed E-state index contributed by atoms with van der Waals surface area (Å²) in [7, 11) is 0. The zero-order chi connectivity index (χ0) is 13.9. The van der Waals surface area contributed by atoms with Gasteiger partial charge in [-0.1, -0.05) is 6.42 Å². The summed E-state index contributed by atoms with van der Waals surface area (Å²) in [5.41, 5.74) is 1.63. The minimum atomic E-state index is -0.118. The zero-order valence-corrected chi connectivity index (χ0v) is 11.7. The minimum Gasteiger partial charge on any atom is -0.393 e. The van der Waals surface area contributed by atoms with Gasteiger partial charge in [0.2, 0.25) is 0 Å². The van der Waals surface area contributed by atoms with Crippen LogP contribution >= 0.6 is 0 Å². The predicted molar refractivity (Wildman–Crippen MR) is 75.7 cm³/mol. The smallest absolute Gasteiger partial charge is 0.140 e. The number of aliphatic hydroxyl groups is 1. The zero-order valence-electron chi connectivity index (χ0n) is 11.7. The fourth-order valence-corrected chi connectivity index (χ4v) is 3.82. The van der Waals surface area contributed by atoms with Gasteiger partial charge in [-0.3, -0.25) is 4.90 Å². The van der Waals surface area contributed by atoms with Crippen LogP contribution in [0.5, 0.6) is 0 Å². The van der Waals surface area contributed by atoms with E-state index in [4.69, 9.17) is 5.26 Å². The molecule has 1 aromatic heterocycles. The molecule has 3 atom stereocenters. The van der Waals surface area contributed by atoms with Gasteiger partial charge in [-0.15, -0.1) is 0 Å². The lowest BCUT2D eigenvalue weighted by atomic mass is 9.94. The van der Waals surface area contributed by atoms with Crippen LogP contribution in [0.15, 0.2) is 18.3 Å². The second-order valence-electron chi connectivity index (χ2n) is 6.00. The molecule has 106 valence electrons. The van der Waals surface area contributed by atoms with Gasteiger partial charge in [-0.25, -0.2) is 4.98 Å². The van der Waals surface area contributed by atoms with E-state index in [2.05, 4.69) is 16.0 Å². The van der Waals surface area contributed by atoms with E-state index in [0.29, 0.717) is 17.7 Å². The molecule has 4 nitrogen and oxygen atoms in total. The fourth-order valence-electron chi connectivity index (χ4n) is 3.82. The van der Waals surface area contributed by atoms with E-state index in [9.17, 15) is 5.11 Å². The van der Waals surface area contributed by atoms with E-state index in [1.165, 1.54) is 12.8 Å². The summed E-state index contributed by atoms with van der Waals surface area (Å²) < 4.78 is 0. The lowest BCUT2D eigenvalue weighted by Gasteiger charge is -2.31. The van der Waals surface area contributed by atoms with E-state index in [1.54, 1.807) is 6.20 Å². The van der Waals surface area contributed by atoms with E-state index >= 15 is 0 Å². The van der Waals surface area contributed by atoms with Gasteiger partial charge in [0.25, 0.3) is 0 Å². The molecular formula is C16H21N3O. The van der Waals surface area contributed by atoms with Crippen LogP contribution in [0.2, 0.25) is 0 Å². The molecule has 0 bridgehead atoms. The molecule has 2 aliphatic rings. The van der Waals surface area contributed by atoms with Gasteiger partial charge < -0.3 is 5.11 Å². The van der Waals surface area contributed by atoms with Crippen molar-refractivity contribution in [1.29, 1.82) is 5.26 Å². The maximum absolute atomic E-state index is 10.1. The quantitative estimate of drug-likeness (QED) is 0.914. The Morgan fingerprint density at radius 3 is 3.00 bits per heavy atom. The number of aliphatic hydroxyl groups excluding tert-OH is 1. The molecule has 1 aliphatic heterocycles. The third kappa shape index (κ3) is 2.70. The lowest BCUT2D eigenvalue weighted by molar-refractivity contribution is 0.0718. The average molecular weight is 271 g/mol. The molecule has 3 unspecified atom stereocenters.